The maximum Gasteiger partial charge on any atom is 0.129 e. The van der Waals surface area contributed by atoms with Crippen molar-refractivity contribution in [3.8, 4) is 11.5 Å². The van der Waals surface area contributed by atoms with Crippen molar-refractivity contribution in [3.63, 3.8) is 0 Å². The number of hydrogen-bond acceptors (Lipinski definition) is 1. The van der Waals surface area contributed by atoms with Gasteiger partial charge in [-0.1, -0.05) is 75.4 Å². The topological polar surface area (TPSA) is 9.23 Å². The van der Waals surface area contributed by atoms with E-state index in [1.54, 1.807) is 11.1 Å². The van der Waals surface area contributed by atoms with Crippen molar-refractivity contribution in [2.75, 3.05) is 6.61 Å². The lowest BCUT2D eigenvalue weighted by molar-refractivity contribution is 0.0907. The van der Waals surface area contributed by atoms with E-state index in [1.807, 2.05) is 0 Å². The molecule has 2 atom stereocenters. The van der Waals surface area contributed by atoms with Crippen LogP contribution in [0.4, 0.5) is 0 Å². The summed E-state index contributed by atoms with van der Waals surface area (Å²) in [4.78, 5) is 0. The van der Waals surface area contributed by atoms with Crippen LogP contribution in [-0.2, 0) is 4.74 Å². The smallest absolute Gasteiger partial charge is 0.129 e. The highest BCUT2D eigenvalue weighted by Crippen LogP contribution is 2.53. The van der Waals surface area contributed by atoms with Crippen LogP contribution in [0.3, 0.4) is 0 Å². The van der Waals surface area contributed by atoms with E-state index in [9.17, 15) is 0 Å². The number of rotatable bonds is 4. The van der Waals surface area contributed by atoms with Crippen LogP contribution in [0.5, 0.6) is 0 Å². The van der Waals surface area contributed by atoms with Crippen molar-refractivity contribution in [1.82, 2.24) is 0 Å². The van der Waals surface area contributed by atoms with Crippen LogP contribution in [0.15, 0.2) is 23.3 Å². The zero-order chi connectivity index (χ0) is 18.0. The van der Waals surface area contributed by atoms with Gasteiger partial charge >= 0.3 is 0 Å². The molecule has 1 nitrogen and oxygen atoms in total. The van der Waals surface area contributed by atoms with Crippen molar-refractivity contribution < 1.29 is 4.74 Å². The van der Waals surface area contributed by atoms with Crippen molar-refractivity contribution in [2.45, 2.75) is 84.0 Å². The lowest BCUT2D eigenvalue weighted by Gasteiger charge is -2.35. The van der Waals surface area contributed by atoms with E-state index >= 15 is 0 Å². The first kappa shape index (κ1) is 19.8. The largest absolute Gasteiger partial charge is 0.362 e. The van der Waals surface area contributed by atoms with E-state index in [0.29, 0.717) is 12.0 Å². The number of hydrogen-bond donors (Lipinski definition) is 0. The first-order valence-electron chi connectivity index (χ1n) is 9.52. The summed E-state index contributed by atoms with van der Waals surface area (Å²) < 4.78 is 6.04. The van der Waals surface area contributed by atoms with Gasteiger partial charge in [-0.15, -0.1) is 5.54 Å². The lowest BCUT2D eigenvalue weighted by Crippen LogP contribution is -2.27. The summed E-state index contributed by atoms with van der Waals surface area (Å²) in [6, 6.07) is 1.32. The van der Waals surface area contributed by atoms with E-state index in [1.165, 1.54) is 25.3 Å². The Morgan fingerprint density at radius 3 is 2.54 bits per heavy atom. The van der Waals surface area contributed by atoms with Gasteiger partial charge < -0.3 is 4.74 Å². The molecule has 0 amide bonds. The maximum atomic E-state index is 6.04. The van der Waals surface area contributed by atoms with Gasteiger partial charge in [-0.25, -0.2) is 0 Å². The molecule has 2 aliphatic carbocycles. The van der Waals surface area contributed by atoms with Gasteiger partial charge in [-0.3, -0.25) is 0 Å². The molecule has 134 valence electrons. The summed E-state index contributed by atoms with van der Waals surface area (Å²) in [5, 5.41) is 0. The fourth-order valence-corrected chi connectivity index (χ4v) is 5.15. The Bertz CT molecular complexity index is 578. The zero-order valence-electron chi connectivity index (χ0n) is 16.9. The SMILES string of the molecule is C[C@@]12CC[C@H](OCC#C[Si](C)(C)C)C=C1CC/C2=C\C[Si](C)(C)C. The summed E-state index contributed by atoms with van der Waals surface area (Å²) >= 11 is 0. The van der Waals surface area contributed by atoms with Gasteiger partial charge in [0.2, 0.25) is 0 Å². The monoisotopic (exact) mass is 360 g/mol. The van der Waals surface area contributed by atoms with Gasteiger partial charge in [0.1, 0.15) is 14.7 Å². The summed E-state index contributed by atoms with van der Waals surface area (Å²) in [6.45, 7) is 17.3. The van der Waals surface area contributed by atoms with Gasteiger partial charge in [0.25, 0.3) is 0 Å². The Morgan fingerprint density at radius 2 is 1.92 bits per heavy atom. The lowest BCUT2D eigenvalue weighted by atomic mass is 9.73. The van der Waals surface area contributed by atoms with Crippen LogP contribution >= 0.6 is 0 Å². The molecule has 1 saturated carbocycles. The summed E-state index contributed by atoms with van der Waals surface area (Å²) in [5.41, 5.74) is 7.04. The van der Waals surface area contributed by atoms with E-state index in [2.05, 4.69) is 69.8 Å². The number of fused-ring (bicyclic) bond motifs is 1. The van der Waals surface area contributed by atoms with Gasteiger partial charge in [-0.2, -0.15) is 0 Å². The van der Waals surface area contributed by atoms with Crippen LogP contribution in [0.2, 0.25) is 45.3 Å². The Labute approximate surface area is 152 Å². The molecule has 0 heterocycles. The van der Waals surface area contributed by atoms with E-state index < -0.39 is 16.1 Å². The quantitative estimate of drug-likeness (QED) is 0.337. The van der Waals surface area contributed by atoms with Crippen molar-refractivity contribution in [2.24, 2.45) is 5.41 Å². The van der Waals surface area contributed by atoms with Crippen LogP contribution < -0.4 is 0 Å². The van der Waals surface area contributed by atoms with Crippen LogP contribution in [0.1, 0.15) is 32.6 Å². The normalized spacial score (nSPS) is 29.0. The molecule has 24 heavy (non-hydrogen) atoms. The fourth-order valence-electron chi connectivity index (χ4n) is 3.69. The molecule has 0 bridgehead atoms. The summed E-state index contributed by atoms with van der Waals surface area (Å²) in [6.07, 6.45) is 10.2. The van der Waals surface area contributed by atoms with E-state index in [-0.39, 0.29) is 6.10 Å². The highest BCUT2D eigenvalue weighted by atomic mass is 28.3. The first-order valence-corrected chi connectivity index (χ1v) is 16.7. The highest BCUT2D eigenvalue weighted by molar-refractivity contribution is 6.83. The molecule has 0 aromatic rings. The Kier molecular flexibility index (Phi) is 6.05. The molecule has 0 saturated heterocycles. The molecule has 0 radical (unpaired) electrons. The van der Waals surface area contributed by atoms with Crippen LogP contribution in [-0.4, -0.2) is 28.9 Å². The second-order valence-electron chi connectivity index (χ2n) is 9.96. The second-order valence-corrected chi connectivity index (χ2v) is 20.2. The third-order valence-electron chi connectivity index (χ3n) is 5.19. The molecule has 3 heteroatoms. The third kappa shape index (κ3) is 5.47. The van der Waals surface area contributed by atoms with Gasteiger partial charge in [0.05, 0.1) is 6.10 Å². The molecule has 2 aliphatic rings. The zero-order valence-corrected chi connectivity index (χ0v) is 18.9. The van der Waals surface area contributed by atoms with Crippen LogP contribution in [0, 0.1) is 16.9 Å². The van der Waals surface area contributed by atoms with Gasteiger partial charge in [0.15, 0.2) is 0 Å². The number of ether oxygens (including phenoxy) is 1. The first-order chi connectivity index (χ1) is 11.0. The Hall–Kier alpha value is -0.566. The molecular formula is C21H36OSi2. The van der Waals surface area contributed by atoms with Gasteiger partial charge in [0, 0.05) is 13.5 Å². The molecule has 0 spiro atoms. The van der Waals surface area contributed by atoms with Gasteiger partial charge in [-0.05, 0) is 31.7 Å². The molecule has 0 unspecified atom stereocenters. The minimum Gasteiger partial charge on any atom is -0.362 e. The van der Waals surface area contributed by atoms with E-state index in [0.717, 1.165) is 6.42 Å². The summed E-state index contributed by atoms with van der Waals surface area (Å²) in [7, 11) is -2.27. The van der Waals surface area contributed by atoms with Crippen molar-refractivity contribution in [1.29, 1.82) is 0 Å². The molecular weight excluding hydrogens is 324 g/mol. The van der Waals surface area contributed by atoms with Crippen molar-refractivity contribution in [3.05, 3.63) is 23.3 Å². The minimum absolute atomic E-state index is 0.278. The third-order valence-corrected chi connectivity index (χ3v) is 7.55. The molecule has 0 N–H and O–H groups in total. The molecule has 0 aromatic carbocycles. The van der Waals surface area contributed by atoms with Crippen LogP contribution in [0.25, 0.3) is 0 Å². The molecule has 0 aliphatic heterocycles. The predicted molar refractivity (Wildman–Crippen MR) is 112 cm³/mol. The average molecular weight is 361 g/mol. The number of allylic oxidation sites excluding steroid dienone is 3. The van der Waals surface area contributed by atoms with E-state index in [4.69, 9.17) is 4.74 Å². The standard InChI is InChI=1S/C21H36OSi2/c1-21-13-11-20(22-14-8-15-23(2,3)4)17-19(21)10-9-18(21)12-16-24(5,6)7/h12,17,20H,9-11,13-14,16H2,1-7H3/b18-12+/t20-,21-/m0/s1. The highest BCUT2D eigenvalue weighted by Gasteiger charge is 2.41. The fraction of sp³-hybridized carbons (Fsp3) is 0.714. The predicted octanol–water partition coefficient (Wildman–Crippen LogP) is 6.04. The average Bonchev–Trinajstić information content (AvgIpc) is 2.76. The Balaban J connectivity index is 2.00. The molecule has 1 fully saturated rings. The van der Waals surface area contributed by atoms with Crippen molar-refractivity contribution >= 4 is 16.1 Å². The molecule has 0 aromatic heterocycles. The second kappa shape index (κ2) is 7.35. The summed E-state index contributed by atoms with van der Waals surface area (Å²) in [5.74, 6) is 3.24. The Morgan fingerprint density at radius 1 is 1.21 bits per heavy atom. The molecule has 2 rings (SSSR count). The maximum absolute atomic E-state index is 6.04. The minimum atomic E-state index is -1.27.